The molecule has 0 aliphatic heterocycles. The summed E-state index contributed by atoms with van der Waals surface area (Å²) in [4.78, 5) is 0. The normalized spacial score (nSPS) is 12.9. The molecular weight excluding hydrogens is 248 g/mol. The lowest BCUT2D eigenvalue weighted by Gasteiger charge is -2.22. The fraction of sp³-hybridized carbons (Fsp3) is 0.500. The molecule has 0 fully saturated rings. The molecular formula is C14H19ClN2O. The van der Waals surface area contributed by atoms with Gasteiger partial charge in [0.05, 0.1) is 0 Å². The standard InChI is InChI=1S/C14H19ClN2O/c1-10(8-16)18-13-7-5-6-12(15)11(13)9-17-14(2,3)4/h5-7,10,17H,9H2,1-4H3. The number of nitriles is 1. The number of halogens is 1. The van der Waals surface area contributed by atoms with E-state index < -0.39 is 6.10 Å². The summed E-state index contributed by atoms with van der Waals surface area (Å²) in [5, 5.41) is 12.8. The maximum Gasteiger partial charge on any atom is 0.181 e. The summed E-state index contributed by atoms with van der Waals surface area (Å²) >= 11 is 6.18. The predicted octanol–water partition coefficient (Wildman–Crippen LogP) is 3.52. The summed E-state index contributed by atoms with van der Waals surface area (Å²) in [5.41, 5.74) is 0.883. The lowest BCUT2D eigenvalue weighted by molar-refractivity contribution is 0.272. The Bertz CT molecular complexity index is 446. The van der Waals surface area contributed by atoms with E-state index in [9.17, 15) is 0 Å². The Kier molecular flexibility index (Phi) is 5.01. The van der Waals surface area contributed by atoms with Gasteiger partial charge in [0.25, 0.3) is 0 Å². The Balaban J connectivity index is 2.91. The molecule has 1 rings (SSSR count). The fourth-order valence-electron chi connectivity index (χ4n) is 1.39. The molecule has 4 heteroatoms. The lowest BCUT2D eigenvalue weighted by atomic mass is 10.1. The molecule has 1 atom stereocenters. The number of ether oxygens (including phenoxy) is 1. The molecule has 1 unspecified atom stereocenters. The number of rotatable bonds is 4. The van der Waals surface area contributed by atoms with Gasteiger partial charge in [-0.2, -0.15) is 5.26 Å². The summed E-state index contributed by atoms with van der Waals surface area (Å²) in [6.07, 6.45) is -0.489. The van der Waals surface area contributed by atoms with Gasteiger partial charge in [-0.3, -0.25) is 0 Å². The fourth-order valence-corrected chi connectivity index (χ4v) is 1.62. The predicted molar refractivity (Wildman–Crippen MR) is 73.7 cm³/mol. The number of hydrogen-bond acceptors (Lipinski definition) is 3. The van der Waals surface area contributed by atoms with Crippen molar-refractivity contribution in [2.75, 3.05) is 0 Å². The van der Waals surface area contributed by atoms with Gasteiger partial charge in [0.1, 0.15) is 11.8 Å². The van der Waals surface area contributed by atoms with E-state index >= 15 is 0 Å². The molecule has 0 amide bonds. The maximum absolute atomic E-state index is 8.79. The zero-order chi connectivity index (χ0) is 13.8. The minimum absolute atomic E-state index is 0.00269. The summed E-state index contributed by atoms with van der Waals surface area (Å²) in [6.45, 7) is 8.57. The average Bonchev–Trinajstić information content (AvgIpc) is 2.26. The van der Waals surface area contributed by atoms with Crippen LogP contribution in [0.3, 0.4) is 0 Å². The largest absolute Gasteiger partial charge is 0.475 e. The molecule has 98 valence electrons. The molecule has 0 radical (unpaired) electrons. The van der Waals surface area contributed by atoms with Crippen molar-refractivity contribution in [1.29, 1.82) is 5.26 Å². The molecule has 0 bridgehead atoms. The van der Waals surface area contributed by atoms with E-state index in [1.165, 1.54) is 0 Å². The minimum Gasteiger partial charge on any atom is -0.475 e. The third-order valence-electron chi connectivity index (χ3n) is 2.36. The monoisotopic (exact) mass is 266 g/mol. The highest BCUT2D eigenvalue weighted by Crippen LogP contribution is 2.27. The van der Waals surface area contributed by atoms with Crippen molar-refractivity contribution in [3.63, 3.8) is 0 Å². The van der Waals surface area contributed by atoms with Crippen LogP contribution in [0.5, 0.6) is 5.75 Å². The van der Waals surface area contributed by atoms with E-state index in [4.69, 9.17) is 21.6 Å². The van der Waals surface area contributed by atoms with Crippen LogP contribution >= 0.6 is 11.6 Å². The molecule has 0 aliphatic carbocycles. The molecule has 0 saturated carbocycles. The average molecular weight is 267 g/mol. The molecule has 3 nitrogen and oxygen atoms in total. The Hall–Kier alpha value is -1.24. The molecule has 1 N–H and O–H groups in total. The van der Waals surface area contributed by atoms with Crippen molar-refractivity contribution in [3.8, 4) is 11.8 Å². The van der Waals surface area contributed by atoms with Crippen LogP contribution in [0, 0.1) is 11.3 Å². The van der Waals surface area contributed by atoms with Gasteiger partial charge in [-0.05, 0) is 39.8 Å². The van der Waals surface area contributed by atoms with Crippen molar-refractivity contribution in [3.05, 3.63) is 28.8 Å². The first kappa shape index (κ1) is 14.8. The highest BCUT2D eigenvalue weighted by Gasteiger charge is 2.14. The van der Waals surface area contributed by atoms with Crippen LogP contribution in [0.15, 0.2) is 18.2 Å². The summed E-state index contributed by atoms with van der Waals surface area (Å²) in [5.74, 6) is 0.660. The van der Waals surface area contributed by atoms with E-state index in [1.54, 1.807) is 6.92 Å². The van der Waals surface area contributed by atoms with Crippen LogP contribution in [0.2, 0.25) is 5.02 Å². The SMILES string of the molecule is CC(C#N)Oc1cccc(Cl)c1CNC(C)(C)C. The van der Waals surface area contributed by atoms with Gasteiger partial charge >= 0.3 is 0 Å². The van der Waals surface area contributed by atoms with Crippen molar-refractivity contribution >= 4 is 11.6 Å². The van der Waals surface area contributed by atoms with Crippen LogP contribution in [-0.4, -0.2) is 11.6 Å². The van der Waals surface area contributed by atoms with Gasteiger partial charge in [-0.1, -0.05) is 17.7 Å². The topological polar surface area (TPSA) is 45.0 Å². The van der Waals surface area contributed by atoms with Gasteiger partial charge in [0, 0.05) is 22.7 Å². The second kappa shape index (κ2) is 6.08. The molecule has 0 heterocycles. The highest BCUT2D eigenvalue weighted by molar-refractivity contribution is 6.31. The molecule has 0 aliphatic rings. The zero-order valence-electron chi connectivity index (χ0n) is 11.2. The molecule has 0 spiro atoms. The van der Waals surface area contributed by atoms with Crippen LogP contribution in [0.25, 0.3) is 0 Å². The van der Waals surface area contributed by atoms with Gasteiger partial charge in [-0.25, -0.2) is 0 Å². The van der Waals surface area contributed by atoms with Crippen molar-refractivity contribution in [2.24, 2.45) is 0 Å². The molecule has 0 saturated heterocycles. The third kappa shape index (κ3) is 4.56. The van der Waals surface area contributed by atoms with Crippen LogP contribution < -0.4 is 10.1 Å². The Morgan fingerprint density at radius 1 is 1.44 bits per heavy atom. The highest BCUT2D eigenvalue weighted by atomic mass is 35.5. The van der Waals surface area contributed by atoms with Gasteiger partial charge in [0.2, 0.25) is 0 Å². The van der Waals surface area contributed by atoms with E-state index in [0.29, 0.717) is 17.3 Å². The molecule has 18 heavy (non-hydrogen) atoms. The Labute approximate surface area is 114 Å². The minimum atomic E-state index is -0.489. The van der Waals surface area contributed by atoms with Gasteiger partial charge in [0.15, 0.2) is 6.10 Å². The molecule has 0 aromatic heterocycles. The quantitative estimate of drug-likeness (QED) is 0.907. The van der Waals surface area contributed by atoms with E-state index in [0.717, 1.165) is 5.56 Å². The first-order chi connectivity index (χ1) is 8.33. The maximum atomic E-state index is 8.79. The second-order valence-electron chi connectivity index (χ2n) is 5.21. The second-order valence-corrected chi connectivity index (χ2v) is 5.62. The lowest BCUT2D eigenvalue weighted by Crippen LogP contribution is -2.35. The zero-order valence-corrected chi connectivity index (χ0v) is 12.0. The van der Waals surface area contributed by atoms with E-state index in [-0.39, 0.29) is 5.54 Å². The molecule has 1 aromatic rings. The van der Waals surface area contributed by atoms with Crippen LogP contribution in [-0.2, 0) is 6.54 Å². The summed E-state index contributed by atoms with van der Waals surface area (Å²) in [7, 11) is 0. The van der Waals surface area contributed by atoms with Crippen molar-refractivity contribution in [2.45, 2.75) is 45.9 Å². The first-order valence-electron chi connectivity index (χ1n) is 5.92. The smallest absolute Gasteiger partial charge is 0.181 e. The van der Waals surface area contributed by atoms with Crippen molar-refractivity contribution < 1.29 is 4.74 Å². The first-order valence-corrected chi connectivity index (χ1v) is 6.30. The molecule has 1 aromatic carbocycles. The number of hydrogen-bond donors (Lipinski definition) is 1. The third-order valence-corrected chi connectivity index (χ3v) is 2.71. The van der Waals surface area contributed by atoms with Gasteiger partial charge < -0.3 is 10.1 Å². The van der Waals surface area contributed by atoms with Crippen LogP contribution in [0.1, 0.15) is 33.3 Å². The Morgan fingerprint density at radius 3 is 2.67 bits per heavy atom. The van der Waals surface area contributed by atoms with E-state index in [2.05, 4.69) is 26.1 Å². The number of nitrogens with zero attached hydrogens (tertiary/aromatic N) is 1. The number of nitrogens with one attached hydrogen (secondary N) is 1. The van der Waals surface area contributed by atoms with Crippen LogP contribution in [0.4, 0.5) is 0 Å². The summed E-state index contributed by atoms with van der Waals surface area (Å²) in [6, 6.07) is 7.53. The summed E-state index contributed by atoms with van der Waals surface area (Å²) < 4.78 is 5.56. The van der Waals surface area contributed by atoms with Crippen molar-refractivity contribution in [1.82, 2.24) is 5.32 Å². The Morgan fingerprint density at radius 2 is 2.11 bits per heavy atom. The van der Waals surface area contributed by atoms with Gasteiger partial charge in [-0.15, -0.1) is 0 Å². The number of benzene rings is 1. The van der Waals surface area contributed by atoms with E-state index in [1.807, 2.05) is 24.3 Å².